The van der Waals surface area contributed by atoms with Gasteiger partial charge in [-0.05, 0) is 12.8 Å². The van der Waals surface area contributed by atoms with Crippen molar-refractivity contribution in [2.45, 2.75) is 12.8 Å². The summed E-state index contributed by atoms with van der Waals surface area (Å²) < 4.78 is 0. The Morgan fingerprint density at radius 3 is 2.82 bits per heavy atom. The SMILES string of the molecule is CNC(=O)C1CCN(c2cn[nH]c(=O)c2)CC1. The molecule has 1 aromatic rings. The van der Waals surface area contributed by atoms with Crippen molar-refractivity contribution in [3.8, 4) is 0 Å². The van der Waals surface area contributed by atoms with Gasteiger partial charge in [0, 0.05) is 32.1 Å². The van der Waals surface area contributed by atoms with E-state index in [9.17, 15) is 9.59 Å². The van der Waals surface area contributed by atoms with E-state index < -0.39 is 0 Å². The zero-order valence-corrected chi connectivity index (χ0v) is 9.77. The average molecular weight is 236 g/mol. The molecule has 1 aliphatic heterocycles. The van der Waals surface area contributed by atoms with Gasteiger partial charge in [0.2, 0.25) is 5.91 Å². The van der Waals surface area contributed by atoms with Gasteiger partial charge in [-0.2, -0.15) is 5.10 Å². The van der Waals surface area contributed by atoms with Crippen LogP contribution < -0.4 is 15.8 Å². The van der Waals surface area contributed by atoms with E-state index in [4.69, 9.17) is 0 Å². The van der Waals surface area contributed by atoms with Crippen molar-refractivity contribution in [3.05, 3.63) is 22.6 Å². The topological polar surface area (TPSA) is 78.1 Å². The first-order chi connectivity index (χ1) is 8.20. The summed E-state index contributed by atoms with van der Waals surface area (Å²) in [5.41, 5.74) is 0.625. The van der Waals surface area contributed by atoms with Crippen LogP contribution in [0.3, 0.4) is 0 Å². The third kappa shape index (κ3) is 2.64. The monoisotopic (exact) mass is 236 g/mol. The van der Waals surface area contributed by atoms with Crippen LogP contribution in [0.1, 0.15) is 12.8 Å². The van der Waals surface area contributed by atoms with Gasteiger partial charge in [-0.3, -0.25) is 9.59 Å². The van der Waals surface area contributed by atoms with Crippen molar-refractivity contribution in [2.24, 2.45) is 5.92 Å². The van der Waals surface area contributed by atoms with Crippen LogP contribution in [-0.2, 0) is 4.79 Å². The minimum Gasteiger partial charge on any atom is -0.370 e. The summed E-state index contributed by atoms with van der Waals surface area (Å²) in [6.45, 7) is 1.56. The highest BCUT2D eigenvalue weighted by atomic mass is 16.1. The molecular weight excluding hydrogens is 220 g/mol. The Morgan fingerprint density at radius 2 is 2.24 bits per heavy atom. The maximum absolute atomic E-state index is 11.5. The van der Waals surface area contributed by atoms with Gasteiger partial charge >= 0.3 is 0 Å². The molecule has 6 heteroatoms. The predicted octanol–water partition coefficient (Wildman–Crippen LogP) is -0.268. The van der Waals surface area contributed by atoms with E-state index in [1.54, 1.807) is 13.2 Å². The van der Waals surface area contributed by atoms with Gasteiger partial charge in [-0.25, -0.2) is 5.10 Å². The molecule has 0 saturated carbocycles. The average Bonchev–Trinajstić information content (AvgIpc) is 2.38. The summed E-state index contributed by atoms with van der Waals surface area (Å²) in [6.07, 6.45) is 3.26. The summed E-state index contributed by atoms with van der Waals surface area (Å²) in [6, 6.07) is 1.53. The Bertz CT molecular complexity index is 449. The van der Waals surface area contributed by atoms with Crippen molar-refractivity contribution in [1.29, 1.82) is 0 Å². The van der Waals surface area contributed by atoms with Gasteiger partial charge in [-0.15, -0.1) is 0 Å². The third-order valence-corrected chi connectivity index (χ3v) is 3.13. The third-order valence-electron chi connectivity index (χ3n) is 3.13. The van der Waals surface area contributed by atoms with Crippen molar-refractivity contribution >= 4 is 11.6 Å². The number of rotatable bonds is 2. The van der Waals surface area contributed by atoms with Gasteiger partial charge in [-0.1, -0.05) is 0 Å². The number of anilines is 1. The molecule has 1 saturated heterocycles. The van der Waals surface area contributed by atoms with E-state index in [1.807, 2.05) is 0 Å². The second-order valence-electron chi connectivity index (χ2n) is 4.18. The van der Waals surface area contributed by atoms with E-state index in [0.717, 1.165) is 31.6 Å². The number of carbonyl (C=O) groups excluding carboxylic acids is 1. The van der Waals surface area contributed by atoms with Crippen LogP contribution in [0.15, 0.2) is 17.1 Å². The van der Waals surface area contributed by atoms with E-state index in [1.165, 1.54) is 6.07 Å². The first-order valence-electron chi connectivity index (χ1n) is 5.72. The van der Waals surface area contributed by atoms with E-state index in [2.05, 4.69) is 20.4 Å². The van der Waals surface area contributed by atoms with Gasteiger partial charge in [0.05, 0.1) is 11.9 Å². The number of hydrogen-bond donors (Lipinski definition) is 2. The standard InChI is InChI=1S/C11H16N4O2/c1-12-11(17)8-2-4-15(5-3-8)9-6-10(16)14-13-7-9/h6-8H,2-5H2,1H3,(H,12,17)(H,14,16). The molecule has 17 heavy (non-hydrogen) atoms. The molecule has 0 atom stereocenters. The number of aromatic amines is 1. The van der Waals surface area contributed by atoms with Gasteiger partial charge in [0.25, 0.3) is 5.56 Å². The smallest absolute Gasteiger partial charge is 0.266 e. The second kappa shape index (κ2) is 4.99. The Labute approximate surface area is 99.0 Å². The highest BCUT2D eigenvalue weighted by Crippen LogP contribution is 2.21. The minimum absolute atomic E-state index is 0.0891. The Kier molecular flexibility index (Phi) is 3.41. The molecule has 0 radical (unpaired) electrons. The fourth-order valence-electron chi connectivity index (χ4n) is 2.14. The summed E-state index contributed by atoms with van der Waals surface area (Å²) in [4.78, 5) is 24.7. The molecule has 1 aliphatic rings. The first kappa shape index (κ1) is 11.6. The van der Waals surface area contributed by atoms with Crippen LogP contribution in [0.2, 0.25) is 0 Å². The molecule has 0 spiro atoms. The lowest BCUT2D eigenvalue weighted by molar-refractivity contribution is -0.125. The zero-order valence-electron chi connectivity index (χ0n) is 9.77. The molecule has 2 heterocycles. The van der Waals surface area contributed by atoms with Crippen LogP contribution in [0.25, 0.3) is 0 Å². The second-order valence-corrected chi connectivity index (χ2v) is 4.18. The molecule has 0 unspecified atom stereocenters. The number of piperidine rings is 1. The van der Waals surface area contributed by atoms with Crippen LogP contribution in [0, 0.1) is 5.92 Å². The molecule has 2 rings (SSSR count). The molecule has 0 bridgehead atoms. The summed E-state index contributed by atoms with van der Waals surface area (Å²) >= 11 is 0. The minimum atomic E-state index is -0.198. The molecule has 6 nitrogen and oxygen atoms in total. The lowest BCUT2D eigenvalue weighted by atomic mass is 9.96. The fourth-order valence-corrected chi connectivity index (χ4v) is 2.14. The van der Waals surface area contributed by atoms with Crippen LogP contribution in [-0.4, -0.2) is 36.2 Å². The molecular formula is C11H16N4O2. The normalized spacial score (nSPS) is 16.9. The first-order valence-corrected chi connectivity index (χ1v) is 5.72. The summed E-state index contributed by atoms with van der Waals surface area (Å²) in [5.74, 6) is 0.194. The molecule has 0 aromatic carbocycles. The molecule has 2 N–H and O–H groups in total. The highest BCUT2D eigenvalue weighted by Gasteiger charge is 2.24. The van der Waals surface area contributed by atoms with Crippen LogP contribution in [0.4, 0.5) is 5.69 Å². The highest BCUT2D eigenvalue weighted by molar-refractivity contribution is 5.78. The number of nitrogens with zero attached hydrogens (tertiary/aromatic N) is 2. The lowest BCUT2D eigenvalue weighted by Gasteiger charge is -2.32. The Morgan fingerprint density at radius 1 is 1.53 bits per heavy atom. The Balaban J connectivity index is 2.00. The number of hydrogen-bond acceptors (Lipinski definition) is 4. The molecule has 1 amide bonds. The van der Waals surface area contributed by atoms with Gasteiger partial charge < -0.3 is 10.2 Å². The number of nitrogens with one attached hydrogen (secondary N) is 2. The number of aromatic nitrogens is 2. The molecule has 92 valence electrons. The van der Waals surface area contributed by atoms with E-state index >= 15 is 0 Å². The van der Waals surface area contributed by atoms with E-state index in [-0.39, 0.29) is 17.4 Å². The Hall–Kier alpha value is -1.85. The molecule has 0 aliphatic carbocycles. The number of H-pyrrole nitrogens is 1. The van der Waals surface area contributed by atoms with Crippen molar-refractivity contribution < 1.29 is 4.79 Å². The summed E-state index contributed by atoms with van der Waals surface area (Å²) in [7, 11) is 1.66. The maximum Gasteiger partial charge on any atom is 0.266 e. The quantitative estimate of drug-likeness (QED) is 0.741. The van der Waals surface area contributed by atoms with Crippen molar-refractivity contribution in [2.75, 3.05) is 25.0 Å². The lowest BCUT2D eigenvalue weighted by Crippen LogP contribution is -2.39. The maximum atomic E-state index is 11.5. The van der Waals surface area contributed by atoms with Crippen molar-refractivity contribution in [1.82, 2.24) is 15.5 Å². The van der Waals surface area contributed by atoms with Gasteiger partial charge in [0.15, 0.2) is 0 Å². The van der Waals surface area contributed by atoms with Crippen molar-refractivity contribution in [3.63, 3.8) is 0 Å². The summed E-state index contributed by atoms with van der Waals surface area (Å²) in [5, 5.41) is 8.80. The molecule has 1 aromatic heterocycles. The van der Waals surface area contributed by atoms with Gasteiger partial charge in [0.1, 0.15) is 0 Å². The predicted molar refractivity (Wildman–Crippen MR) is 63.9 cm³/mol. The molecule has 1 fully saturated rings. The zero-order chi connectivity index (χ0) is 12.3. The van der Waals surface area contributed by atoms with Crippen LogP contribution in [0.5, 0.6) is 0 Å². The largest absolute Gasteiger partial charge is 0.370 e. The fraction of sp³-hybridized carbons (Fsp3) is 0.545. The van der Waals surface area contributed by atoms with E-state index in [0.29, 0.717) is 0 Å². The number of carbonyl (C=O) groups is 1. The number of amides is 1. The van der Waals surface area contributed by atoms with Crippen LogP contribution >= 0.6 is 0 Å².